The highest BCUT2D eigenvalue weighted by Crippen LogP contribution is 2.31. The van der Waals surface area contributed by atoms with Crippen molar-refractivity contribution < 1.29 is 8.78 Å². The summed E-state index contributed by atoms with van der Waals surface area (Å²) >= 11 is 0. The molecule has 0 aliphatic carbocycles. The molecule has 0 saturated carbocycles. The minimum absolute atomic E-state index is 0.0700. The van der Waals surface area contributed by atoms with Gasteiger partial charge in [-0.05, 0) is 6.92 Å². The molecule has 1 fully saturated rings. The Labute approximate surface area is 94.0 Å². The Morgan fingerprint density at radius 2 is 1.88 bits per heavy atom. The first-order chi connectivity index (χ1) is 7.39. The van der Waals surface area contributed by atoms with Crippen molar-refractivity contribution in [2.75, 3.05) is 19.6 Å². The van der Waals surface area contributed by atoms with Crippen molar-refractivity contribution in [2.45, 2.75) is 18.4 Å². The van der Waals surface area contributed by atoms with Crippen molar-refractivity contribution in [1.82, 2.24) is 4.90 Å². The molecule has 2 N–H and O–H groups in total. The lowest BCUT2D eigenvalue weighted by Crippen LogP contribution is -2.66. The van der Waals surface area contributed by atoms with Gasteiger partial charge in [-0.25, -0.2) is 0 Å². The Kier molecular flexibility index (Phi) is 2.72. The van der Waals surface area contributed by atoms with Crippen LogP contribution in [-0.4, -0.2) is 30.1 Å². The van der Waals surface area contributed by atoms with Gasteiger partial charge >= 0.3 is 0 Å². The number of rotatable bonds is 3. The maximum absolute atomic E-state index is 13.8. The second kappa shape index (κ2) is 3.79. The summed E-state index contributed by atoms with van der Waals surface area (Å²) in [7, 11) is 0. The Bertz CT molecular complexity index is 355. The first-order valence-electron chi connectivity index (χ1n) is 5.34. The minimum Gasteiger partial charge on any atom is -0.323 e. The predicted molar refractivity (Wildman–Crippen MR) is 59.4 cm³/mol. The van der Waals surface area contributed by atoms with E-state index < -0.39 is 5.92 Å². The molecular formula is C12H16F2N2. The van der Waals surface area contributed by atoms with E-state index in [9.17, 15) is 8.78 Å². The zero-order valence-corrected chi connectivity index (χ0v) is 9.29. The number of hydrogen-bond acceptors (Lipinski definition) is 2. The van der Waals surface area contributed by atoms with Crippen molar-refractivity contribution in [3.63, 3.8) is 0 Å². The van der Waals surface area contributed by atoms with E-state index in [1.54, 1.807) is 23.1 Å². The molecule has 0 amide bonds. The molecule has 2 rings (SSSR count). The van der Waals surface area contributed by atoms with E-state index in [-0.39, 0.29) is 17.6 Å². The monoisotopic (exact) mass is 226 g/mol. The third kappa shape index (κ3) is 2.39. The highest BCUT2D eigenvalue weighted by atomic mass is 19.3. The lowest BCUT2D eigenvalue weighted by molar-refractivity contribution is -0.0682. The molecule has 2 nitrogen and oxygen atoms in total. The van der Waals surface area contributed by atoms with Gasteiger partial charge in [-0.2, -0.15) is 8.78 Å². The third-order valence-electron chi connectivity index (χ3n) is 2.79. The topological polar surface area (TPSA) is 29.3 Å². The molecule has 1 aliphatic rings. The van der Waals surface area contributed by atoms with Crippen molar-refractivity contribution in [2.24, 2.45) is 5.73 Å². The number of likely N-dealkylation sites (tertiary alicyclic amines) is 1. The first-order valence-corrected chi connectivity index (χ1v) is 5.34. The van der Waals surface area contributed by atoms with Crippen LogP contribution in [0.25, 0.3) is 0 Å². The van der Waals surface area contributed by atoms with Crippen molar-refractivity contribution >= 4 is 0 Å². The van der Waals surface area contributed by atoms with E-state index in [4.69, 9.17) is 5.73 Å². The van der Waals surface area contributed by atoms with Crippen molar-refractivity contribution in [1.29, 1.82) is 0 Å². The largest absolute Gasteiger partial charge is 0.323 e. The van der Waals surface area contributed by atoms with E-state index in [0.717, 1.165) is 0 Å². The standard InChI is InChI=1S/C12H16F2N2/c1-11(15)7-16(8-11)9-12(13,14)10-5-3-2-4-6-10/h2-6H,7-9,15H2,1H3. The maximum atomic E-state index is 13.8. The number of hydrogen-bond donors (Lipinski definition) is 1. The molecule has 0 unspecified atom stereocenters. The summed E-state index contributed by atoms with van der Waals surface area (Å²) in [5.41, 5.74) is 5.55. The predicted octanol–water partition coefficient (Wildman–Crippen LogP) is 1.81. The SMILES string of the molecule is CC1(N)CN(CC(F)(F)c2ccccc2)C1. The van der Waals surface area contributed by atoms with Crippen LogP contribution in [0.5, 0.6) is 0 Å². The van der Waals surface area contributed by atoms with Gasteiger partial charge in [-0.1, -0.05) is 30.3 Å². The van der Waals surface area contributed by atoms with Gasteiger partial charge in [0.2, 0.25) is 0 Å². The van der Waals surface area contributed by atoms with Crippen LogP contribution in [-0.2, 0) is 5.92 Å². The summed E-state index contributed by atoms with van der Waals surface area (Å²) in [6.07, 6.45) is 0. The van der Waals surface area contributed by atoms with Crippen LogP contribution in [0.3, 0.4) is 0 Å². The van der Waals surface area contributed by atoms with Crippen LogP contribution in [0.4, 0.5) is 8.78 Å². The molecule has 1 heterocycles. The van der Waals surface area contributed by atoms with Gasteiger partial charge in [0.05, 0.1) is 6.54 Å². The zero-order valence-electron chi connectivity index (χ0n) is 9.29. The Hall–Kier alpha value is -1.00. The number of nitrogens with zero attached hydrogens (tertiary/aromatic N) is 1. The highest BCUT2D eigenvalue weighted by molar-refractivity contribution is 5.20. The summed E-state index contributed by atoms with van der Waals surface area (Å²) in [4.78, 5) is 1.69. The Balaban J connectivity index is 1.99. The second-order valence-electron chi connectivity index (χ2n) is 4.87. The van der Waals surface area contributed by atoms with Crippen LogP contribution in [0.2, 0.25) is 0 Å². The summed E-state index contributed by atoms with van der Waals surface area (Å²) in [6, 6.07) is 7.92. The molecular weight excluding hydrogens is 210 g/mol. The van der Waals surface area contributed by atoms with E-state index in [0.29, 0.717) is 13.1 Å². The van der Waals surface area contributed by atoms with E-state index in [1.165, 1.54) is 12.1 Å². The third-order valence-corrected chi connectivity index (χ3v) is 2.79. The fourth-order valence-corrected chi connectivity index (χ4v) is 2.14. The number of nitrogens with two attached hydrogens (primary N) is 1. The molecule has 1 aromatic carbocycles. The van der Waals surface area contributed by atoms with Gasteiger partial charge in [0.1, 0.15) is 0 Å². The molecule has 4 heteroatoms. The molecule has 0 bridgehead atoms. The molecule has 88 valence electrons. The van der Waals surface area contributed by atoms with Gasteiger partial charge in [0, 0.05) is 24.2 Å². The van der Waals surface area contributed by atoms with Crippen LogP contribution in [0.1, 0.15) is 12.5 Å². The molecule has 0 radical (unpaired) electrons. The molecule has 1 aromatic rings. The molecule has 0 spiro atoms. The zero-order chi connectivity index (χ0) is 11.8. The summed E-state index contributed by atoms with van der Waals surface area (Å²) in [5, 5.41) is 0. The Morgan fingerprint density at radius 1 is 1.31 bits per heavy atom. The number of benzene rings is 1. The fourth-order valence-electron chi connectivity index (χ4n) is 2.14. The summed E-state index contributed by atoms with van der Waals surface area (Å²) in [6.45, 7) is 2.71. The quantitative estimate of drug-likeness (QED) is 0.851. The van der Waals surface area contributed by atoms with E-state index >= 15 is 0 Å². The minimum atomic E-state index is -2.79. The normalized spacial score (nSPS) is 20.5. The molecule has 16 heavy (non-hydrogen) atoms. The second-order valence-corrected chi connectivity index (χ2v) is 4.87. The van der Waals surface area contributed by atoms with E-state index in [1.807, 2.05) is 6.92 Å². The Morgan fingerprint density at radius 3 is 2.38 bits per heavy atom. The number of alkyl halides is 2. The molecule has 0 aromatic heterocycles. The lowest BCUT2D eigenvalue weighted by atomic mass is 9.93. The summed E-state index contributed by atoms with van der Waals surface area (Å²) in [5.74, 6) is -2.79. The van der Waals surface area contributed by atoms with Gasteiger partial charge < -0.3 is 5.73 Å². The van der Waals surface area contributed by atoms with Crippen LogP contribution >= 0.6 is 0 Å². The fraction of sp³-hybridized carbons (Fsp3) is 0.500. The van der Waals surface area contributed by atoms with E-state index in [2.05, 4.69) is 0 Å². The van der Waals surface area contributed by atoms with Crippen LogP contribution in [0, 0.1) is 0 Å². The van der Waals surface area contributed by atoms with Gasteiger partial charge in [0.15, 0.2) is 0 Å². The average Bonchev–Trinajstić information content (AvgIpc) is 2.16. The lowest BCUT2D eigenvalue weighted by Gasteiger charge is -2.46. The average molecular weight is 226 g/mol. The smallest absolute Gasteiger partial charge is 0.285 e. The maximum Gasteiger partial charge on any atom is 0.285 e. The number of halogens is 2. The van der Waals surface area contributed by atoms with Crippen LogP contribution in [0.15, 0.2) is 30.3 Å². The van der Waals surface area contributed by atoms with Gasteiger partial charge in [-0.3, -0.25) is 4.90 Å². The van der Waals surface area contributed by atoms with Crippen LogP contribution < -0.4 is 5.73 Å². The molecule has 1 aliphatic heterocycles. The summed E-state index contributed by atoms with van der Waals surface area (Å²) < 4.78 is 27.6. The highest BCUT2D eigenvalue weighted by Gasteiger charge is 2.42. The molecule has 0 atom stereocenters. The van der Waals surface area contributed by atoms with Gasteiger partial charge in [-0.15, -0.1) is 0 Å². The first kappa shape index (κ1) is 11.5. The van der Waals surface area contributed by atoms with Crippen molar-refractivity contribution in [3.05, 3.63) is 35.9 Å². The van der Waals surface area contributed by atoms with Crippen molar-refractivity contribution in [3.8, 4) is 0 Å². The molecule has 1 saturated heterocycles. The van der Waals surface area contributed by atoms with Gasteiger partial charge in [0.25, 0.3) is 5.92 Å².